The molecule has 0 rings (SSSR count). The van der Waals surface area contributed by atoms with Gasteiger partial charge < -0.3 is 0 Å². The standard InChI is InChI=1S/C7H13O.3C4H9.Sn/c1-3-5-6-7(8)4-2;3*1-3-4-2;/h2,4,7-8H,3,5-6H2,1H3;3*1,3-4H2,2H3;. The predicted molar refractivity (Wildman–Crippen MR) is 99.6 cm³/mol. The Bertz CT molecular complexity index is 228. The van der Waals surface area contributed by atoms with E-state index in [0.717, 1.165) is 12.8 Å². The Morgan fingerprint density at radius 2 is 1.19 bits per heavy atom. The Labute approximate surface area is 138 Å². The van der Waals surface area contributed by atoms with E-state index in [0.29, 0.717) is 0 Å². The fourth-order valence-electron chi connectivity index (χ4n) is 3.04. The third-order valence-electron chi connectivity index (χ3n) is 4.61. The van der Waals surface area contributed by atoms with Crippen molar-refractivity contribution in [3.8, 4) is 0 Å². The molecule has 126 valence electrons. The molecule has 1 N–H and O–H groups in total. The van der Waals surface area contributed by atoms with E-state index in [2.05, 4.69) is 37.9 Å². The minimum atomic E-state index is -2.14. The topological polar surface area (TPSA) is 20.2 Å². The summed E-state index contributed by atoms with van der Waals surface area (Å²) in [6.07, 6.45) is 13.5. The molecule has 0 aromatic heterocycles. The molecule has 0 saturated carbocycles. The van der Waals surface area contributed by atoms with Crippen molar-refractivity contribution in [2.24, 2.45) is 0 Å². The monoisotopic (exact) mass is 404 g/mol. The van der Waals surface area contributed by atoms with Crippen molar-refractivity contribution in [2.45, 2.75) is 105 Å². The van der Waals surface area contributed by atoms with Crippen molar-refractivity contribution in [1.82, 2.24) is 0 Å². The predicted octanol–water partition coefficient (Wildman–Crippen LogP) is 6.48. The molecule has 0 bridgehead atoms. The van der Waals surface area contributed by atoms with Gasteiger partial charge in [0.05, 0.1) is 0 Å². The van der Waals surface area contributed by atoms with E-state index >= 15 is 0 Å². The van der Waals surface area contributed by atoms with Gasteiger partial charge in [-0.2, -0.15) is 0 Å². The SMILES string of the molecule is CCCCC(O)/C=[CH]/[Sn]([CH2]CCC)([CH2]CCC)[CH2]CCC. The van der Waals surface area contributed by atoms with E-state index < -0.39 is 18.4 Å². The quantitative estimate of drug-likeness (QED) is 0.329. The summed E-state index contributed by atoms with van der Waals surface area (Å²) in [7, 11) is 0. The zero-order chi connectivity index (χ0) is 16.0. The van der Waals surface area contributed by atoms with Gasteiger partial charge in [-0.25, -0.2) is 0 Å². The number of aliphatic hydroxyl groups is 1. The minimum absolute atomic E-state index is 0.189. The first-order valence-corrected chi connectivity index (χ1v) is 17.2. The number of unbranched alkanes of at least 4 members (excludes halogenated alkanes) is 4. The van der Waals surface area contributed by atoms with Crippen molar-refractivity contribution in [3.63, 3.8) is 0 Å². The molecule has 1 unspecified atom stereocenters. The first-order valence-electron chi connectivity index (χ1n) is 9.51. The van der Waals surface area contributed by atoms with Crippen LogP contribution in [0.2, 0.25) is 13.3 Å². The molecule has 0 fully saturated rings. The molecule has 0 radical (unpaired) electrons. The second-order valence-corrected chi connectivity index (χ2v) is 19.8. The molecule has 0 aromatic rings. The molecule has 0 amide bonds. The van der Waals surface area contributed by atoms with E-state index in [4.69, 9.17) is 0 Å². The Morgan fingerprint density at radius 1 is 0.762 bits per heavy atom. The van der Waals surface area contributed by atoms with E-state index in [9.17, 15) is 5.11 Å². The third kappa shape index (κ3) is 10.8. The summed E-state index contributed by atoms with van der Waals surface area (Å²) in [5.41, 5.74) is 0. The summed E-state index contributed by atoms with van der Waals surface area (Å²) >= 11 is -2.14. The maximum absolute atomic E-state index is 10.2. The summed E-state index contributed by atoms with van der Waals surface area (Å²) in [6, 6.07) is 0. The molecule has 1 nitrogen and oxygen atoms in total. The van der Waals surface area contributed by atoms with Crippen molar-refractivity contribution >= 4 is 18.4 Å². The second-order valence-electron chi connectivity index (χ2n) is 6.74. The van der Waals surface area contributed by atoms with Crippen LogP contribution >= 0.6 is 0 Å². The van der Waals surface area contributed by atoms with Gasteiger partial charge in [-0.05, 0) is 0 Å². The molecule has 0 aliphatic carbocycles. The van der Waals surface area contributed by atoms with Crippen LogP contribution in [0.25, 0.3) is 0 Å². The van der Waals surface area contributed by atoms with Gasteiger partial charge in [0.2, 0.25) is 0 Å². The van der Waals surface area contributed by atoms with Crippen LogP contribution in [0.3, 0.4) is 0 Å². The average molecular weight is 403 g/mol. The van der Waals surface area contributed by atoms with Crippen molar-refractivity contribution in [2.75, 3.05) is 0 Å². The Morgan fingerprint density at radius 3 is 1.57 bits per heavy atom. The van der Waals surface area contributed by atoms with E-state index in [1.165, 1.54) is 58.3 Å². The molecular weight excluding hydrogens is 363 g/mol. The molecule has 0 aromatic carbocycles. The molecule has 2 heteroatoms. The van der Waals surface area contributed by atoms with Crippen LogP contribution in [-0.4, -0.2) is 29.6 Å². The zero-order valence-electron chi connectivity index (χ0n) is 15.2. The van der Waals surface area contributed by atoms with Gasteiger partial charge >= 0.3 is 139 Å². The van der Waals surface area contributed by atoms with Crippen molar-refractivity contribution in [1.29, 1.82) is 0 Å². The molecule has 0 aliphatic heterocycles. The normalized spacial score (nSPS) is 14.0. The van der Waals surface area contributed by atoms with Gasteiger partial charge in [0.15, 0.2) is 0 Å². The first kappa shape index (κ1) is 21.5. The van der Waals surface area contributed by atoms with Crippen molar-refractivity contribution < 1.29 is 5.11 Å². The summed E-state index contributed by atoms with van der Waals surface area (Å²) in [4.78, 5) is 0. The molecule has 1 atom stereocenters. The van der Waals surface area contributed by atoms with Crippen LogP contribution in [0.4, 0.5) is 0 Å². The second kappa shape index (κ2) is 14.1. The van der Waals surface area contributed by atoms with Crippen LogP contribution < -0.4 is 0 Å². The number of hydrogen-bond acceptors (Lipinski definition) is 1. The molecular formula is C19H40OSn. The van der Waals surface area contributed by atoms with E-state index in [1.807, 2.05) is 0 Å². The molecule has 0 saturated heterocycles. The third-order valence-corrected chi connectivity index (χ3v) is 18.7. The number of rotatable bonds is 14. The summed E-state index contributed by atoms with van der Waals surface area (Å²) < 4.78 is 7.11. The molecule has 21 heavy (non-hydrogen) atoms. The van der Waals surface area contributed by atoms with Gasteiger partial charge in [0.25, 0.3) is 0 Å². The fourth-order valence-corrected chi connectivity index (χ4v) is 17.5. The molecule has 0 spiro atoms. The van der Waals surface area contributed by atoms with E-state index in [-0.39, 0.29) is 6.10 Å². The fraction of sp³-hybridized carbons (Fsp3) is 0.895. The van der Waals surface area contributed by atoms with Gasteiger partial charge in [-0.3, -0.25) is 0 Å². The number of aliphatic hydroxyl groups excluding tert-OH is 1. The Balaban J connectivity index is 4.79. The Kier molecular flexibility index (Phi) is 14.4. The summed E-state index contributed by atoms with van der Waals surface area (Å²) in [6.45, 7) is 9.14. The van der Waals surface area contributed by atoms with Gasteiger partial charge in [0, 0.05) is 0 Å². The van der Waals surface area contributed by atoms with Crippen LogP contribution in [0.15, 0.2) is 10.2 Å². The average Bonchev–Trinajstić information content (AvgIpc) is 2.51. The van der Waals surface area contributed by atoms with Crippen LogP contribution in [0, 0.1) is 0 Å². The maximum atomic E-state index is 10.2. The van der Waals surface area contributed by atoms with Crippen LogP contribution in [-0.2, 0) is 0 Å². The molecule has 0 aliphatic rings. The van der Waals surface area contributed by atoms with Gasteiger partial charge in [-0.1, -0.05) is 0 Å². The van der Waals surface area contributed by atoms with E-state index in [1.54, 1.807) is 0 Å². The van der Waals surface area contributed by atoms with Crippen LogP contribution in [0.5, 0.6) is 0 Å². The van der Waals surface area contributed by atoms with Gasteiger partial charge in [0.1, 0.15) is 0 Å². The molecule has 0 heterocycles. The van der Waals surface area contributed by atoms with Crippen molar-refractivity contribution in [3.05, 3.63) is 10.2 Å². The summed E-state index contributed by atoms with van der Waals surface area (Å²) in [5, 5.41) is 10.2. The Hall–Kier alpha value is 0.499. The summed E-state index contributed by atoms with van der Waals surface area (Å²) in [5.74, 6) is 0. The zero-order valence-corrected chi connectivity index (χ0v) is 18.0. The first-order chi connectivity index (χ1) is 10.1. The van der Waals surface area contributed by atoms with Crippen LogP contribution in [0.1, 0.15) is 85.5 Å². The number of hydrogen-bond donors (Lipinski definition) is 1. The van der Waals surface area contributed by atoms with Gasteiger partial charge in [-0.15, -0.1) is 0 Å².